The quantitative estimate of drug-likeness (QED) is 0.142. The maximum absolute atomic E-state index is 13.4. The van der Waals surface area contributed by atoms with Gasteiger partial charge in [0, 0.05) is 137 Å². The lowest BCUT2D eigenvalue weighted by atomic mass is 9.83. The number of hydrogen-bond acceptors (Lipinski definition) is 4. The van der Waals surface area contributed by atoms with Crippen molar-refractivity contribution in [2.45, 2.75) is 139 Å². The van der Waals surface area contributed by atoms with Crippen LogP contribution in [0.4, 0.5) is 4.39 Å². The van der Waals surface area contributed by atoms with Crippen molar-refractivity contribution in [2.75, 3.05) is 0 Å². The van der Waals surface area contributed by atoms with Gasteiger partial charge in [-0.2, -0.15) is 0 Å². The molecule has 16 aromatic rings. The number of nitrogens with zero attached hydrogens (tertiary/aromatic N) is 8. The molecule has 0 N–H and O–H groups in total. The van der Waals surface area contributed by atoms with E-state index in [1.54, 1.807) is 0 Å². The van der Waals surface area contributed by atoms with Gasteiger partial charge in [0.2, 0.25) is 22.8 Å². The maximum atomic E-state index is 13.4. The predicted molar refractivity (Wildman–Crippen MR) is 498 cm³/mol. The minimum absolute atomic E-state index is 0.102. The summed E-state index contributed by atoms with van der Waals surface area (Å²) >= 11 is 0. The van der Waals surface area contributed by atoms with E-state index in [4.69, 9.17) is 19.9 Å². The van der Waals surface area contributed by atoms with Crippen molar-refractivity contribution in [1.29, 1.82) is 0 Å². The van der Waals surface area contributed by atoms with E-state index in [1.165, 1.54) is 197 Å². The average Bonchev–Trinajstić information content (AvgIpc) is 1.59. The Morgan fingerprint density at radius 3 is 0.697 bits per heavy atom. The van der Waals surface area contributed by atoms with E-state index in [9.17, 15) is 4.39 Å². The van der Waals surface area contributed by atoms with Gasteiger partial charge in [0.15, 0.2) is 24.8 Å². The molecule has 4 aliphatic rings. The Hall–Kier alpha value is -13.1. The lowest BCUT2D eigenvalue weighted by Gasteiger charge is -2.21. The van der Waals surface area contributed by atoms with Crippen LogP contribution in [0.5, 0.6) is 0 Å². The van der Waals surface area contributed by atoms with Crippen molar-refractivity contribution >= 4 is 0 Å². The Labute approximate surface area is 720 Å². The lowest BCUT2D eigenvalue weighted by Crippen LogP contribution is -2.30. The van der Waals surface area contributed by atoms with Crippen molar-refractivity contribution < 1.29 is 22.7 Å². The highest BCUT2D eigenvalue weighted by molar-refractivity contribution is 5.89. The third kappa shape index (κ3) is 14.6. The van der Waals surface area contributed by atoms with Crippen LogP contribution in [0.2, 0.25) is 0 Å². The largest absolute Gasteiger partial charge is 0.257 e. The number of fused-ring (bicyclic) bond motifs is 12. The van der Waals surface area contributed by atoms with Crippen molar-refractivity contribution in [2.24, 2.45) is 28.2 Å². The Morgan fingerprint density at radius 2 is 0.451 bits per heavy atom. The molecule has 0 saturated carbocycles. The molecule has 8 heterocycles. The molecule has 604 valence electrons. The van der Waals surface area contributed by atoms with Gasteiger partial charge in [-0.05, 0) is 234 Å². The van der Waals surface area contributed by atoms with Gasteiger partial charge in [-0.15, -0.1) is 0 Å². The molecule has 8 nitrogen and oxygen atoms in total. The number of hydrogen-bond donors (Lipinski definition) is 0. The number of pyridine rings is 8. The fourth-order valence-electron chi connectivity index (χ4n) is 19.1. The van der Waals surface area contributed by atoms with Gasteiger partial charge in [0.05, 0.1) is 22.8 Å². The molecule has 0 fully saturated rings. The van der Waals surface area contributed by atoms with Crippen molar-refractivity contribution in [3.8, 4) is 134 Å². The molecular formula is C113H109FN8+4. The molecule has 0 radical (unpaired) electrons. The Kier molecular flexibility index (Phi) is 20.8. The molecule has 0 atom stereocenters. The fourth-order valence-corrected chi connectivity index (χ4v) is 19.1. The molecule has 4 aliphatic carbocycles. The summed E-state index contributed by atoms with van der Waals surface area (Å²) in [4.78, 5) is 19.7. The van der Waals surface area contributed by atoms with Crippen LogP contribution in [0.25, 0.3) is 134 Å². The lowest BCUT2D eigenvalue weighted by molar-refractivity contribution is -0.660. The minimum atomic E-state index is -0.217. The molecule has 0 unspecified atom stereocenters. The van der Waals surface area contributed by atoms with Crippen LogP contribution in [0.3, 0.4) is 0 Å². The van der Waals surface area contributed by atoms with Crippen molar-refractivity contribution in [3.05, 3.63) is 381 Å². The van der Waals surface area contributed by atoms with Gasteiger partial charge in [-0.1, -0.05) is 207 Å². The second kappa shape index (κ2) is 31.2. The second-order valence-electron chi connectivity index (χ2n) is 36.5. The first-order valence-corrected chi connectivity index (χ1v) is 42.7. The van der Waals surface area contributed by atoms with E-state index in [1.807, 2.05) is 12.1 Å². The number of aryl methyl sites for hydroxylation is 13. The zero-order valence-corrected chi connectivity index (χ0v) is 74.5. The number of benzene rings is 8. The molecule has 0 spiro atoms. The van der Waals surface area contributed by atoms with E-state index in [-0.39, 0.29) is 27.5 Å². The van der Waals surface area contributed by atoms with Gasteiger partial charge in [0.25, 0.3) is 0 Å². The molecule has 20 rings (SSSR count). The first kappa shape index (κ1) is 81.3. The standard InChI is InChI=1S/C29H29N2.C28H26FN2.2C28H27N2/c1-18-7-10-21(11-8-18)22-13-14-31(6)27(16-22)24-17-26-25(15-19(24)2)23-12-9-20(3)30-28(23)29(26,4)5;1-17-14-24-22-11-6-18(2)30-27(22)28(3,4)25(24)16-23(17)26-15-20(12-13-31(26)5)19-7-9-21(29)10-8-19;2*1-18-15-24-22-12-11-19(2)29-27(22)28(3,4)25(24)17-23(18)26-16-21(13-14-30(26)5)20-9-7-6-8-10-20/h7-17H,1-6H3;6-16H,1-5H3;2*6-17H,1-5H3/q4*+1. The Bertz CT molecular complexity index is 6470. The zero-order chi connectivity index (χ0) is 85.9. The molecule has 8 aromatic carbocycles. The van der Waals surface area contributed by atoms with E-state index >= 15 is 0 Å². The molecule has 122 heavy (non-hydrogen) atoms. The highest BCUT2D eigenvalue weighted by atomic mass is 19.1. The molecule has 0 saturated heterocycles. The van der Waals surface area contributed by atoms with Crippen LogP contribution in [-0.4, -0.2) is 19.9 Å². The number of aromatic nitrogens is 8. The second-order valence-corrected chi connectivity index (χ2v) is 36.5. The van der Waals surface area contributed by atoms with E-state index in [2.05, 4.69) is 419 Å². The van der Waals surface area contributed by atoms with Crippen molar-refractivity contribution in [1.82, 2.24) is 19.9 Å². The van der Waals surface area contributed by atoms with E-state index in [0.717, 1.165) is 45.3 Å². The van der Waals surface area contributed by atoms with E-state index in [0.29, 0.717) is 0 Å². The topological polar surface area (TPSA) is 67.1 Å². The summed E-state index contributed by atoms with van der Waals surface area (Å²) in [5.41, 5.74) is 50.1. The Morgan fingerprint density at radius 1 is 0.221 bits per heavy atom. The number of rotatable bonds is 8. The SMILES string of the molecule is Cc1ccc(-c2cc[n+](C)c(-c3cc4c(cc3C)-c3ccc(C)nc3C4(C)C)c2)cc1.Cc1ccc2c(n1)C(C)(C)c1cc(-c3cc(-c4ccc(F)cc4)cc[n+]3C)c(C)cc1-2.Cc1ccc2c(n1)C(C)(C)c1cc(-c3cc(-c4ccccc4)cc[n+]3C)c(C)cc1-2.Cc1ccc2c(n1)C(C)(C)c1cc(-c3cc(-c4ccccc4)cc[n+]3C)c(C)cc1-2. The number of halogens is 1. The van der Waals surface area contributed by atoms with Gasteiger partial charge < -0.3 is 0 Å². The minimum Gasteiger partial charge on any atom is -0.257 e. The van der Waals surface area contributed by atoms with Crippen LogP contribution >= 0.6 is 0 Å². The van der Waals surface area contributed by atoms with Gasteiger partial charge in [0.1, 0.15) is 34.0 Å². The third-order valence-electron chi connectivity index (χ3n) is 26.3. The predicted octanol–water partition coefficient (Wildman–Crippen LogP) is 25.1. The summed E-state index contributed by atoms with van der Waals surface area (Å²) in [7, 11) is 8.45. The zero-order valence-electron chi connectivity index (χ0n) is 74.5. The normalized spacial score (nSPS) is 13.8. The monoisotopic (exact) mass is 1600 g/mol. The first-order chi connectivity index (χ1) is 58.2. The smallest absolute Gasteiger partial charge is 0.213 e. The fraction of sp³-hybridized carbons (Fsp3) is 0.221. The summed E-state index contributed by atoms with van der Waals surface area (Å²) < 4.78 is 22.2. The third-order valence-corrected chi connectivity index (χ3v) is 26.3. The maximum Gasteiger partial charge on any atom is 0.213 e. The highest BCUT2D eigenvalue weighted by Gasteiger charge is 2.43. The summed E-state index contributed by atoms with van der Waals surface area (Å²) in [6, 6.07) is 90.7. The molecular weight excluding hydrogens is 1490 g/mol. The first-order valence-electron chi connectivity index (χ1n) is 42.7. The van der Waals surface area contributed by atoms with Crippen LogP contribution in [0, 0.1) is 68.1 Å². The van der Waals surface area contributed by atoms with Gasteiger partial charge in [-0.3, -0.25) is 19.9 Å². The summed E-state index contributed by atoms with van der Waals surface area (Å²) in [6.07, 6.45) is 8.57. The molecule has 0 aliphatic heterocycles. The van der Waals surface area contributed by atoms with E-state index < -0.39 is 0 Å². The highest BCUT2D eigenvalue weighted by Crippen LogP contribution is 2.54. The van der Waals surface area contributed by atoms with Crippen LogP contribution in [-0.2, 0) is 49.9 Å². The van der Waals surface area contributed by atoms with Crippen LogP contribution in [0.1, 0.15) is 151 Å². The summed E-state index contributed by atoms with van der Waals surface area (Å²) in [6.45, 7) is 37.5. The molecule has 9 heteroatoms. The molecule has 0 amide bonds. The summed E-state index contributed by atoms with van der Waals surface area (Å²) in [5.74, 6) is -0.217. The summed E-state index contributed by atoms with van der Waals surface area (Å²) in [5, 5.41) is 0. The Balaban J connectivity index is 0.000000116. The average molecular weight is 1600 g/mol. The molecule has 8 aromatic heterocycles. The van der Waals surface area contributed by atoms with Crippen molar-refractivity contribution in [3.63, 3.8) is 0 Å². The van der Waals surface area contributed by atoms with Crippen LogP contribution in [0.15, 0.2) is 280 Å². The molecule has 0 bridgehead atoms. The van der Waals surface area contributed by atoms with Gasteiger partial charge in [-0.25, -0.2) is 22.7 Å². The van der Waals surface area contributed by atoms with Gasteiger partial charge >= 0.3 is 0 Å². The van der Waals surface area contributed by atoms with Crippen LogP contribution < -0.4 is 18.3 Å².